The first kappa shape index (κ1) is 34.7. The van der Waals surface area contributed by atoms with Crippen molar-refractivity contribution in [1.29, 1.82) is 0 Å². The lowest BCUT2D eigenvalue weighted by Crippen LogP contribution is -2.57. The zero-order valence-electron chi connectivity index (χ0n) is 26.4. The van der Waals surface area contributed by atoms with E-state index in [-0.39, 0.29) is 30.7 Å². The molecule has 2 heterocycles. The van der Waals surface area contributed by atoms with Crippen molar-refractivity contribution in [2.75, 3.05) is 13.1 Å². The minimum absolute atomic E-state index is 0.0630. The van der Waals surface area contributed by atoms with E-state index in [2.05, 4.69) is 15.6 Å². The predicted molar refractivity (Wildman–Crippen MR) is 172 cm³/mol. The summed E-state index contributed by atoms with van der Waals surface area (Å²) in [6, 6.07) is 6.36. The first-order valence-electron chi connectivity index (χ1n) is 15.8. The lowest BCUT2D eigenvalue weighted by molar-refractivity contribution is -0.144. The average Bonchev–Trinajstić information content (AvgIpc) is 3.58. The third-order valence-electron chi connectivity index (χ3n) is 8.07. The summed E-state index contributed by atoms with van der Waals surface area (Å²) in [5.74, 6) is -0.803. The fraction of sp³-hybridized carbons (Fsp3) is 0.636. The molecule has 3 amide bonds. The molecule has 5 N–H and O–H groups in total. The fourth-order valence-corrected chi connectivity index (χ4v) is 6.32. The summed E-state index contributed by atoms with van der Waals surface area (Å²) in [6.07, 6.45) is 8.40. The van der Waals surface area contributed by atoms with Crippen LogP contribution in [0.25, 0.3) is 10.4 Å². The molecule has 0 bridgehead atoms. The standard InChI is InChI=1S/C33H51N5O4S/c1-23-29(43-22-36-23)25-16-14-24(15-17-25)20-35-31(41)27-19-26(39)21-38(27)32(42)30(33(2,3)4)37-28(40)13-11-9-7-5-6-8-10-12-18-34/h14-17,22,26-27,30,39H,5-13,18-21,34H2,1-4H3,(H,35,41)(H,37,40). The van der Waals surface area contributed by atoms with E-state index < -0.39 is 23.6 Å². The third-order valence-corrected chi connectivity index (χ3v) is 9.05. The summed E-state index contributed by atoms with van der Waals surface area (Å²) in [6.45, 7) is 8.81. The number of rotatable bonds is 16. The Morgan fingerprint density at radius 1 is 1.05 bits per heavy atom. The number of β-amino-alcohol motifs (C(OH)–C–C–N with tert-alkyl or cyclic N) is 1. The monoisotopic (exact) mass is 613 g/mol. The van der Waals surface area contributed by atoms with Crippen LogP contribution in [0.2, 0.25) is 0 Å². The molecule has 0 radical (unpaired) electrons. The lowest BCUT2D eigenvalue weighted by Gasteiger charge is -2.35. The molecule has 0 spiro atoms. The van der Waals surface area contributed by atoms with Crippen LogP contribution in [0.5, 0.6) is 0 Å². The van der Waals surface area contributed by atoms with Crippen LogP contribution in [-0.2, 0) is 20.9 Å². The molecule has 2 aromatic rings. The normalized spacial score (nSPS) is 17.6. The topological polar surface area (TPSA) is 138 Å². The Bertz CT molecular complexity index is 1180. The van der Waals surface area contributed by atoms with Gasteiger partial charge >= 0.3 is 0 Å². The molecule has 0 aliphatic carbocycles. The first-order chi connectivity index (χ1) is 20.5. The number of aryl methyl sites for hydroxylation is 1. The number of hydrogen-bond acceptors (Lipinski definition) is 7. The van der Waals surface area contributed by atoms with Crippen molar-refractivity contribution in [3.8, 4) is 10.4 Å². The van der Waals surface area contributed by atoms with Crippen LogP contribution in [0.4, 0.5) is 0 Å². The number of nitrogens with zero attached hydrogens (tertiary/aromatic N) is 2. The van der Waals surface area contributed by atoms with Crippen LogP contribution in [0, 0.1) is 12.3 Å². The number of likely N-dealkylation sites (tertiary alicyclic amines) is 1. The van der Waals surface area contributed by atoms with Gasteiger partial charge in [0.2, 0.25) is 17.7 Å². The van der Waals surface area contributed by atoms with Gasteiger partial charge in [-0.25, -0.2) is 4.98 Å². The van der Waals surface area contributed by atoms with E-state index in [1.807, 2.05) is 57.5 Å². The van der Waals surface area contributed by atoms with Crippen LogP contribution in [-0.4, -0.2) is 64.0 Å². The van der Waals surface area contributed by atoms with Gasteiger partial charge in [-0.3, -0.25) is 14.4 Å². The zero-order chi connectivity index (χ0) is 31.4. The first-order valence-corrected chi connectivity index (χ1v) is 16.6. The molecular weight excluding hydrogens is 562 g/mol. The summed E-state index contributed by atoms with van der Waals surface area (Å²) in [5.41, 5.74) is 9.80. The highest BCUT2D eigenvalue weighted by Gasteiger charge is 2.44. The Kier molecular flexibility index (Phi) is 13.6. The molecule has 10 heteroatoms. The molecule has 1 aliphatic rings. The van der Waals surface area contributed by atoms with Crippen LogP contribution in [0.15, 0.2) is 29.8 Å². The van der Waals surface area contributed by atoms with Crippen molar-refractivity contribution in [2.24, 2.45) is 11.1 Å². The number of nitrogens with two attached hydrogens (primary N) is 1. The van der Waals surface area contributed by atoms with E-state index in [1.165, 1.54) is 24.2 Å². The van der Waals surface area contributed by atoms with Crippen molar-refractivity contribution < 1.29 is 19.5 Å². The molecule has 3 rings (SSSR count). The maximum absolute atomic E-state index is 13.8. The Balaban J connectivity index is 1.52. The highest BCUT2D eigenvalue weighted by molar-refractivity contribution is 7.13. The Hall–Kier alpha value is -2.82. The predicted octanol–water partition coefficient (Wildman–Crippen LogP) is 4.70. The number of nitrogens with one attached hydrogen (secondary N) is 2. The maximum Gasteiger partial charge on any atom is 0.246 e. The SMILES string of the molecule is Cc1ncsc1-c1ccc(CNC(=O)C2CC(O)CN2C(=O)C(NC(=O)CCCCCCCCCCN)C(C)(C)C)cc1. The van der Waals surface area contributed by atoms with Crippen LogP contribution < -0.4 is 16.4 Å². The molecule has 1 aromatic carbocycles. The number of unbranched alkanes of at least 4 members (excludes halogenated alkanes) is 7. The van der Waals surface area contributed by atoms with Gasteiger partial charge in [0.15, 0.2) is 0 Å². The molecule has 43 heavy (non-hydrogen) atoms. The van der Waals surface area contributed by atoms with Gasteiger partial charge in [-0.15, -0.1) is 11.3 Å². The molecular formula is C33H51N5O4S. The van der Waals surface area contributed by atoms with E-state index in [9.17, 15) is 19.5 Å². The average molecular weight is 614 g/mol. The van der Waals surface area contributed by atoms with Gasteiger partial charge in [-0.2, -0.15) is 0 Å². The van der Waals surface area contributed by atoms with Crippen molar-refractivity contribution in [3.05, 3.63) is 41.0 Å². The zero-order valence-corrected chi connectivity index (χ0v) is 27.2. The maximum atomic E-state index is 13.8. The number of aliphatic hydroxyl groups is 1. The van der Waals surface area contributed by atoms with Gasteiger partial charge in [0.1, 0.15) is 12.1 Å². The molecule has 0 saturated carbocycles. The fourth-order valence-electron chi connectivity index (χ4n) is 5.50. The number of aliphatic hydroxyl groups excluding tert-OH is 1. The van der Waals surface area contributed by atoms with E-state index in [0.29, 0.717) is 13.0 Å². The lowest BCUT2D eigenvalue weighted by atomic mass is 9.85. The van der Waals surface area contributed by atoms with Gasteiger partial charge in [-0.1, -0.05) is 83.6 Å². The van der Waals surface area contributed by atoms with Crippen LogP contribution >= 0.6 is 11.3 Å². The van der Waals surface area contributed by atoms with Crippen molar-refractivity contribution >= 4 is 29.1 Å². The van der Waals surface area contributed by atoms with E-state index in [0.717, 1.165) is 60.3 Å². The Morgan fingerprint density at radius 3 is 2.26 bits per heavy atom. The number of carbonyl (C=O) groups excluding carboxylic acids is 3. The number of carbonyl (C=O) groups is 3. The highest BCUT2D eigenvalue weighted by Crippen LogP contribution is 2.28. The number of hydrogen-bond donors (Lipinski definition) is 4. The van der Waals surface area contributed by atoms with E-state index in [1.54, 1.807) is 11.3 Å². The number of thiazole rings is 1. The second kappa shape index (κ2) is 16.9. The molecule has 1 fully saturated rings. The van der Waals surface area contributed by atoms with Gasteiger partial charge < -0.3 is 26.4 Å². The molecule has 1 aliphatic heterocycles. The summed E-state index contributed by atoms with van der Waals surface area (Å²) in [4.78, 5) is 46.8. The van der Waals surface area contributed by atoms with Gasteiger partial charge in [-0.05, 0) is 42.9 Å². The quantitative estimate of drug-likeness (QED) is 0.203. The highest BCUT2D eigenvalue weighted by atomic mass is 32.1. The number of amides is 3. The smallest absolute Gasteiger partial charge is 0.246 e. The minimum Gasteiger partial charge on any atom is -0.391 e. The van der Waals surface area contributed by atoms with Crippen LogP contribution in [0.1, 0.15) is 96.2 Å². The molecule has 3 unspecified atom stereocenters. The summed E-state index contributed by atoms with van der Waals surface area (Å²) in [7, 11) is 0. The second-order valence-corrected chi connectivity index (χ2v) is 13.7. The van der Waals surface area contributed by atoms with Crippen molar-refractivity contribution in [1.82, 2.24) is 20.5 Å². The van der Waals surface area contributed by atoms with Gasteiger partial charge in [0, 0.05) is 25.9 Å². The summed E-state index contributed by atoms with van der Waals surface area (Å²) >= 11 is 1.59. The van der Waals surface area contributed by atoms with Gasteiger partial charge in [0.05, 0.1) is 22.2 Å². The number of benzene rings is 1. The second-order valence-electron chi connectivity index (χ2n) is 12.8. The Morgan fingerprint density at radius 2 is 1.67 bits per heavy atom. The molecule has 1 aromatic heterocycles. The van der Waals surface area contributed by atoms with Gasteiger partial charge in [0.25, 0.3) is 0 Å². The summed E-state index contributed by atoms with van der Waals surface area (Å²) < 4.78 is 0. The molecule has 9 nitrogen and oxygen atoms in total. The van der Waals surface area contributed by atoms with Crippen LogP contribution in [0.3, 0.4) is 0 Å². The number of aromatic nitrogens is 1. The largest absolute Gasteiger partial charge is 0.391 e. The molecule has 238 valence electrons. The Labute approximate surface area is 261 Å². The van der Waals surface area contributed by atoms with E-state index >= 15 is 0 Å². The molecule has 3 atom stereocenters. The van der Waals surface area contributed by atoms with E-state index in [4.69, 9.17) is 5.73 Å². The van der Waals surface area contributed by atoms with Crippen molar-refractivity contribution in [3.63, 3.8) is 0 Å². The van der Waals surface area contributed by atoms with Crippen molar-refractivity contribution in [2.45, 2.75) is 117 Å². The minimum atomic E-state index is -0.800. The molecule has 1 saturated heterocycles. The third kappa shape index (κ3) is 10.7. The summed E-state index contributed by atoms with van der Waals surface area (Å²) in [5, 5.41) is 16.3.